The molecule has 1 heterocycles. The molecule has 1 amide bonds. The van der Waals surface area contributed by atoms with Crippen LogP contribution in [-0.4, -0.2) is 42.2 Å². The first kappa shape index (κ1) is 18.5. The third-order valence-corrected chi connectivity index (χ3v) is 6.19. The zero-order valence-corrected chi connectivity index (χ0v) is 15.8. The van der Waals surface area contributed by atoms with Crippen LogP contribution in [-0.2, 0) is 14.8 Å². The molecule has 0 N–H and O–H groups in total. The molecule has 1 fully saturated rings. The number of pyridine rings is 1. The van der Waals surface area contributed by atoms with Gasteiger partial charge in [-0.2, -0.15) is 4.31 Å². The Labute approximate surface area is 154 Å². The zero-order chi connectivity index (χ0) is 18.7. The van der Waals surface area contributed by atoms with Crippen molar-refractivity contribution in [3.8, 4) is 0 Å². The van der Waals surface area contributed by atoms with Crippen LogP contribution < -0.4 is 4.90 Å². The molecule has 138 valence electrons. The lowest BCUT2D eigenvalue weighted by molar-refractivity contribution is -0.119. The van der Waals surface area contributed by atoms with Gasteiger partial charge in [0.1, 0.15) is 4.90 Å². The van der Waals surface area contributed by atoms with Crippen LogP contribution in [0.2, 0.25) is 0 Å². The summed E-state index contributed by atoms with van der Waals surface area (Å²) in [6, 6.07) is 12.2. The number of anilines is 1. The summed E-state index contributed by atoms with van der Waals surface area (Å²) in [5.41, 5.74) is 0.766. The fourth-order valence-electron chi connectivity index (χ4n) is 2.94. The van der Waals surface area contributed by atoms with Gasteiger partial charge in [-0.05, 0) is 51.0 Å². The summed E-state index contributed by atoms with van der Waals surface area (Å²) in [6.07, 6.45) is 4.41. The Morgan fingerprint density at radius 3 is 2.38 bits per heavy atom. The van der Waals surface area contributed by atoms with Gasteiger partial charge in [-0.3, -0.25) is 9.78 Å². The Kier molecular flexibility index (Phi) is 5.38. The van der Waals surface area contributed by atoms with E-state index < -0.39 is 10.0 Å². The number of carbonyl (C=O) groups is 1. The predicted molar refractivity (Wildman–Crippen MR) is 100 cm³/mol. The third-order valence-electron chi connectivity index (χ3n) is 4.31. The van der Waals surface area contributed by atoms with Crippen molar-refractivity contribution in [2.45, 2.75) is 43.7 Å². The third kappa shape index (κ3) is 3.94. The number of para-hydroxylation sites is 1. The fourth-order valence-corrected chi connectivity index (χ4v) is 4.54. The second-order valence-electron chi connectivity index (χ2n) is 6.66. The van der Waals surface area contributed by atoms with Gasteiger partial charge in [-0.15, -0.1) is 0 Å². The molecule has 0 atom stereocenters. The number of aromatic nitrogens is 1. The van der Waals surface area contributed by atoms with E-state index in [0.29, 0.717) is 0 Å². The minimum absolute atomic E-state index is 0.0768. The molecule has 0 bridgehead atoms. The molecule has 0 saturated heterocycles. The Balaban J connectivity index is 1.87. The number of hydrogen-bond donors (Lipinski definition) is 0. The van der Waals surface area contributed by atoms with Gasteiger partial charge in [0.25, 0.3) is 0 Å². The largest absolute Gasteiger partial charge is 0.309 e. The molecule has 1 aliphatic carbocycles. The van der Waals surface area contributed by atoms with E-state index in [-0.39, 0.29) is 29.4 Å². The maximum absolute atomic E-state index is 13.0. The highest BCUT2D eigenvalue weighted by molar-refractivity contribution is 7.89. The van der Waals surface area contributed by atoms with Gasteiger partial charge < -0.3 is 4.90 Å². The van der Waals surface area contributed by atoms with Gasteiger partial charge in [0, 0.05) is 30.2 Å². The SMILES string of the molecule is CC(C)N(C(=O)CN(C1CC1)S(=O)(=O)c1cccnc1)c1ccccc1. The van der Waals surface area contributed by atoms with E-state index >= 15 is 0 Å². The number of benzene rings is 1. The maximum atomic E-state index is 13.0. The Bertz CT molecular complexity index is 850. The minimum atomic E-state index is -3.75. The Morgan fingerprint density at radius 1 is 1.15 bits per heavy atom. The van der Waals surface area contributed by atoms with Crippen LogP contribution in [0, 0.1) is 0 Å². The van der Waals surface area contributed by atoms with Crippen LogP contribution in [0.25, 0.3) is 0 Å². The first-order chi connectivity index (χ1) is 12.4. The number of hydrogen-bond acceptors (Lipinski definition) is 4. The number of sulfonamides is 1. The van der Waals surface area contributed by atoms with Crippen molar-refractivity contribution in [2.24, 2.45) is 0 Å². The molecule has 6 nitrogen and oxygen atoms in total. The Hall–Kier alpha value is -2.25. The molecule has 1 aliphatic rings. The van der Waals surface area contributed by atoms with E-state index in [1.165, 1.54) is 22.8 Å². The standard InChI is InChI=1S/C19H23N3O3S/c1-15(2)22(17-7-4-3-5-8-17)19(23)14-21(16-10-11-16)26(24,25)18-9-6-12-20-13-18/h3-9,12-13,15-16H,10-11,14H2,1-2H3. The molecule has 26 heavy (non-hydrogen) atoms. The summed E-state index contributed by atoms with van der Waals surface area (Å²) in [4.78, 5) is 18.7. The van der Waals surface area contributed by atoms with E-state index in [4.69, 9.17) is 0 Å². The maximum Gasteiger partial charge on any atom is 0.245 e. The summed E-state index contributed by atoms with van der Waals surface area (Å²) >= 11 is 0. The van der Waals surface area contributed by atoms with Gasteiger partial charge in [0.05, 0.1) is 6.54 Å². The van der Waals surface area contributed by atoms with E-state index in [1.54, 1.807) is 11.0 Å². The lowest BCUT2D eigenvalue weighted by atomic mass is 10.2. The van der Waals surface area contributed by atoms with Crippen molar-refractivity contribution in [1.82, 2.24) is 9.29 Å². The summed E-state index contributed by atoms with van der Waals surface area (Å²) in [7, 11) is -3.75. The average molecular weight is 373 g/mol. The molecule has 7 heteroatoms. The van der Waals surface area contributed by atoms with Crippen molar-refractivity contribution in [1.29, 1.82) is 0 Å². The van der Waals surface area contributed by atoms with Gasteiger partial charge in [-0.25, -0.2) is 8.42 Å². The number of carbonyl (C=O) groups excluding carboxylic acids is 1. The van der Waals surface area contributed by atoms with Crippen LogP contribution in [0.1, 0.15) is 26.7 Å². The van der Waals surface area contributed by atoms with Crippen LogP contribution in [0.15, 0.2) is 59.8 Å². The molecule has 3 rings (SSSR count). The number of nitrogens with zero attached hydrogens (tertiary/aromatic N) is 3. The van der Waals surface area contributed by atoms with Crippen molar-refractivity contribution >= 4 is 21.6 Å². The first-order valence-electron chi connectivity index (χ1n) is 8.70. The van der Waals surface area contributed by atoms with Crippen molar-refractivity contribution in [3.63, 3.8) is 0 Å². The summed E-state index contributed by atoms with van der Waals surface area (Å²) in [6.45, 7) is 3.67. The molecule has 1 aromatic carbocycles. The monoisotopic (exact) mass is 373 g/mol. The van der Waals surface area contributed by atoms with E-state index in [0.717, 1.165) is 18.5 Å². The molecule has 1 saturated carbocycles. The summed E-state index contributed by atoms with van der Waals surface area (Å²) in [5, 5.41) is 0. The lowest BCUT2D eigenvalue weighted by Gasteiger charge is -2.30. The minimum Gasteiger partial charge on any atom is -0.309 e. The van der Waals surface area contributed by atoms with Crippen molar-refractivity contribution in [3.05, 3.63) is 54.9 Å². The van der Waals surface area contributed by atoms with Crippen LogP contribution in [0.5, 0.6) is 0 Å². The average Bonchev–Trinajstić information content (AvgIpc) is 3.46. The lowest BCUT2D eigenvalue weighted by Crippen LogP contribution is -2.46. The molecule has 1 aromatic heterocycles. The highest BCUT2D eigenvalue weighted by Gasteiger charge is 2.40. The first-order valence-corrected chi connectivity index (χ1v) is 10.1. The molecule has 0 radical (unpaired) electrons. The molecule has 0 spiro atoms. The highest BCUT2D eigenvalue weighted by Crippen LogP contribution is 2.32. The quantitative estimate of drug-likeness (QED) is 0.748. The molecule has 2 aromatic rings. The van der Waals surface area contributed by atoms with Crippen LogP contribution >= 0.6 is 0 Å². The number of rotatable bonds is 7. The second kappa shape index (κ2) is 7.55. The fraction of sp³-hybridized carbons (Fsp3) is 0.368. The van der Waals surface area contributed by atoms with Crippen LogP contribution in [0.3, 0.4) is 0 Å². The molecule has 0 aliphatic heterocycles. The van der Waals surface area contributed by atoms with Crippen LogP contribution in [0.4, 0.5) is 5.69 Å². The van der Waals surface area contributed by atoms with Gasteiger partial charge >= 0.3 is 0 Å². The normalized spacial score (nSPS) is 14.6. The summed E-state index contributed by atoms with van der Waals surface area (Å²) in [5.74, 6) is -0.231. The second-order valence-corrected chi connectivity index (χ2v) is 8.55. The molecular weight excluding hydrogens is 350 g/mol. The predicted octanol–water partition coefficient (Wildman–Crippen LogP) is 2.68. The summed E-state index contributed by atoms with van der Waals surface area (Å²) < 4.78 is 27.3. The van der Waals surface area contributed by atoms with Crippen molar-refractivity contribution in [2.75, 3.05) is 11.4 Å². The number of amides is 1. The van der Waals surface area contributed by atoms with Crippen molar-refractivity contribution < 1.29 is 13.2 Å². The topological polar surface area (TPSA) is 70.6 Å². The highest BCUT2D eigenvalue weighted by atomic mass is 32.2. The van der Waals surface area contributed by atoms with Gasteiger partial charge in [-0.1, -0.05) is 18.2 Å². The zero-order valence-electron chi connectivity index (χ0n) is 14.9. The molecule has 0 unspecified atom stereocenters. The van der Waals surface area contributed by atoms with Gasteiger partial charge in [0.2, 0.25) is 15.9 Å². The smallest absolute Gasteiger partial charge is 0.245 e. The Morgan fingerprint density at radius 2 is 1.85 bits per heavy atom. The van der Waals surface area contributed by atoms with E-state index in [1.807, 2.05) is 44.2 Å². The van der Waals surface area contributed by atoms with E-state index in [9.17, 15) is 13.2 Å². The van der Waals surface area contributed by atoms with Gasteiger partial charge in [0.15, 0.2) is 0 Å². The van der Waals surface area contributed by atoms with E-state index in [2.05, 4.69) is 4.98 Å². The molecular formula is C19H23N3O3S.